The van der Waals surface area contributed by atoms with Crippen molar-refractivity contribution in [2.24, 2.45) is 5.92 Å². The van der Waals surface area contributed by atoms with Crippen LogP contribution in [0.5, 0.6) is 0 Å². The third-order valence-corrected chi connectivity index (χ3v) is 10.9. The summed E-state index contributed by atoms with van der Waals surface area (Å²) in [7, 11) is 0. The Balaban J connectivity index is 1.03. The zero-order valence-electron chi connectivity index (χ0n) is 30.3. The summed E-state index contributed by atoms with van der Waals surface area (Å²) in [6.45, 7) is 4.11. The van der Waals surface area contributed by atoms with E-state index in [9.17, 15) is 29.1 Å². The Bertz CT molecular complexity index is 2260. The number of esters is 1. The average Bonchev–Trinajstić information content (AvgIpc) is 3.54. The number of aromatic nitrogens is 2. The quantitative estimate of drug-likeness (QED) is 0.0851. The van der Waals surface area contributed by atoms with Crippen molar-refractivity contribution in [1.82, 2.24) is 25.5 Å². The number of aryl methyl sites for hydroxylation is 2. The predicted octanol–water partition coefficient (Wildman–Crippen LogP) is 3.11. The van der Waals surface area contributed by atoms with Gasteiger partial charge in [-0.05, 0) is 67.3 Å². The Labute approximate surface area is 310 Å². The van der Waals surface area contributed by atoms with Gasteiger partial charge in [-0.3, -0.25) is 19.2 Å². The van der Waals surface area contributed by atoms with Crippen molar-refractivity contribution >= 4 is 34.6 Å². The number of nitrogens with one attached hydrogen (secondary N) is 3. The molecule has 2 aromatic heterocycles. The zero-order chi connectivity index (χ0) is 38.3. The zero-order valence-corrected chi connectivity index (χ0v) is 30.3. The first-order valence-corrected chi connectivity index (χ1v) is 18.2. The second-order valence-corrected chi connectivity index (χ2v) is 14.2. The molecule has 0 bridgehead atoms. The van der Waals surface area contributed by atoms with Crippen LogP contribution in [-0.2, 0) is 60.2 Å². The molecule has 4 aromatic rings. The Morgan fingerprint density at radius 3 is 2.65 bits per heavy atom. The van der Waals surface area contributed by atoms with Gasteiger partial charge in [0.05, 0.1) is 41.6 Å². The van der Waals surface area contributed by atoms with Gasteiger partial charge < -0.3 is 35.1 Å². The standard InChI is InChI=1S/C40H42FN5O8/c1-4-40(52)27-14-31-36-25(17-46(31)38(50)26(27)18-54-39(40)51)35-29(13-12-24-22(3)28(41)15-30(45-36)34(24)35)44-33(48)19-53-20-43-32(47)16-42-37(49)21(2)10-11-23-8-6-5-7-9-23/h5-9,14-15,21,29,52H,4,10-13,16-20H2,1-3H3,(H,42,49)(H,43,47)(H,44,48)/t21-,29-,40-/m0/s1. The van der Waals surface area contributed by atoms with E-state index in [1.165, 1.54) is 10.6 Å². The normalized spacial score (nSPS) is 18.6. The number of fused-ring (bicyclic) bond motifs is 5. The monoisotopic (exact) mass is 739 g/mol. The Morgan fingerprint density at radius 2 is 1.89 bits per heavy atom. The van der Waals surface area contributed by atoms with Crippen LogP contribution in [-0.4, -0.2) is 58.2 Å². The highest BCUT2D eigenvalue weighted by Gasteiger charge is 2.46. The van der Waals surface area contributed by atoms with Gasteiger partial charge in [0.25, 0.3) is 5.56 Å². The third-order valence-electron chi connectivity index (χ3n) is 10.9. The fourth-order valence-corrected chi connectivity index (χ4v) is 7.77. The molecule has 7 rings (SSSR count). The largest absolute Gasteiger partial charge is 0.458 e. The molecule has 0 saturated carbocycles. The van der Waals surface area contributed by atoms with Gasteiger partial charge in [0.1, 0.15) is 25.8 Å². The number of ether oxygens (including phenoxy) is 2. The molecule has 14 heteroatoms. The number of carbonyl (C=O) groups excluding carboxylic acids is 4. The topological polar surface area (TPSA) is 178 Å². The lowest BCUT2D eigenvalue weighted by molar-refractivity contribution is -0.172. The van der Waals surface area contributed by atoms with Gasteiger partial charge in [0, 0.05) is 28.5 Å². The maximum Gasteiger partial charge on any atom is 0.343 e. The molecule has 0 radical (unpaired) electrons. The molecule has 1 aliphatic carbocycles. The van der Waals surface area contributed by atoms with Crippen LogP contribution in [0.2, 0.25) is 0 Å². The molecule has 4 heterocycles. The summed E-state index contributed by atoms with van der Waals surface area (Å²) >= 11 is 0. The van der Waals surface area contributed by atoms with Crippen molar-refractivity contribution in [3.8, 4) is 11.4 Å². The first-order valence-electron chi connectivity index (χ1n) is 18.2. The average molecular weight is 740 g/mol. The van der Waals surface area contributed by atoms with Crippen molar-refractivity contribution in [3.05, 3.63) is 97.6 Å². The molecule has 4 N–H and O–H groups in total. The molecule has 13 nitrogen and oxygen atoms in total. The van der Waals surface area contributed by atoms with Crippen LogP contribution in [0.3, 0.4) is 0 Å². The molecular formula is C40H42FN5O8. The third kappa shape index (κ3) is 6.64. The number of cyclic esters (lactones) is 1. The summed E-state index contributed by atoms with van der Waals surface area (Å²) < 4.78 is 27.4. The second kappa shape index (κ2) is 14.7. The second-order valence-electron chi connectivity index (χ2n) is 14.2. The molecule has 282 valence electrons. The van der Waals surface area contributed by atoms with Gasteiger partial charge in [-0.2, -0.15) is 0 Å². The lowest BCUT2D eigenvalue weighted by Gasteiger charge is -2.31. The fraction of sp³-hybridized carbons (Fsp3) is 0.400. The summed E-state index contributed by atoms with van der Waals surface area (Å²) in [4.78, 5) is 69.4. The molecule has 3 aliphatic rings. The Hall–Kier alpha value is -5.47. The fourth-order valence-electron chi connectivity index (χ4n) is 7.77. The first kappa shape index (κ1) is 36.9. The highest BCUT2D eigenvalue weighted by atomic mass is 19.1. The predicted molar refractivity (Wildman–Crippen MR) is 194 cm³/mol. The van der Waals surface area contributed by atoms with Crippen molar-refractivity contribution < 1.29 is 38.1 Å². The van der Waals surface area contributed by atoms with E-state index in [4.69, 9.17) is 14.5 Å². The van der Waals surface area contributed by atoms with Crippen LogP contribution >= 0.6 is 0 Å². The summed E-state index contributed by atoms with van der Waals surface area (Å²) in [6.07, 6.45) is 2.28. The van der Waals surface area contributed by atoms with E-state index < -0.39 is 40.8 Å². The Kier molecular flexibility index (Phi) is 10.1. The number of pyridine rings is 2. The number of rotatable bonds is 12. The summed E-state index contributed by atoms with van der Waals surface area (Å²) in [5, 5.41) is 20.2. The van der Waals surface area contributed by atoms with Crippen LogP contribution < -0.4 is 21.5 Å². The van der Waals surface area contributed by atoms with E-state index in [1.807, 2.05) is 37.3 Å². The number of aliphatic hydroxyl groups is 1. The summed E-state index contributed by atoms with van der Waals surface area (Å²) in [5.74, 6) is -2.69. The molecule has 2 aromatic carbocycles. The van der Waals surface area contributed by atoms with Crippen molar-refractivity contribution in [2.45, 2.75) is 77.7 Å². The number of amides is 3. The lowest BCUT2D eigenvalue weighted by atomic mass is 9.81. The molecular weight excluding hydrogens is 697 g/mol. The highest BCUT2D eigenvalue weighted by Crippen LogP contribution is 2.46. The highest BCUT2D eigenvalue weighted by molar-refractivity contribution is 5.94. The van der Waals surface area contributed by atoms with Gasteiger partial charge in [-0.15, -0.1) is 0 Å². The Morgan fingerprint density at radius 1 is 1.11 bits per heavy atom. The minimum atomic E-state index is -2.00. The minimum Gasteiger partial charge on any atom is -0.458 e. The lowest BCUT2D eigenvalue weighted by Crippen LogP contribution is -2.44. The maximum atomic E-state index is 15.2. The number of hydrogen-bond donors (Lipinski definition) is 4. The van der Waals surface area contributed by atoms with Gasteiger partial charge in [-0.1, -0.05) is 44.2 Å². The first-order chi connectivity index (χ1) is 25.9. The molecule has 0 saturated heterocycles. The van der Waals surface area contributed by atoms with Crippen LogP contribution in [0.1, 0.15) is 78.1 Å². The van der Waals surface area contributed by atoms with E-state index >= 15 is 4.39 Å². The van der Waals surface area contributed by atoms with E-state index in [2.05, 4.69) is 16.0 Å². The molecule has 3 amide bonds. The van der Waals surface area contributed by atoms with Gasteiger partial charge in [0.2, 0.25) is 17.7 Å². The maximum absolute atomic E-state index is 15.2. The number of halogens is 1. The van der Waals surface area contributed by atoms with E-state index in [-0.39, 0.29) is 62.4 Å². The molecule has 0 fully saturated rings. The summed E-state index contributed by atoms with van der Waals surface area (Å²) in [6, 6.07) is 12.2. The molecule has 3 atom stereocenters. The van der Waals surface area contributed by atoms with Gasteiger partial charge >= 0.3 is 5.97 Å². The van der Waals surface area contributed by atoms with Crippen LogP contribution in [0.15, 0.2) is 47.3 Å². The summed E-state index contributed by atoms with van der Waals surface area (Å²) in [5.41, 5.74) is 2.85. The van der Waals surface area contributed by atoms with Crippen molar-refractivity contribution in [3.63, 3.8) is 0 Å². The van der Waals surface area contributed by atoms with Gasteiger partial charge in [0.15, 0.2) is 5.60 Å². The van der Waals surface area contributed by atoms with E-state index in [1.54, 1.807) is 19.9 Å². The number of benzene rings is 2. The van der Waals surface area contributed by atoms with Crippen molar-refractivity contribution in [1.29, 1.82) is 0 Å². The molecule has 0 spiro atoms. The van der Waals surface area contributed by atoms with Crippen LogP contribution in [0.4, 0.5) is 4.39 Å². The van der Waals surface area contributed by atoms with Crippen LogP contribution in [0.25, 0.3) is 22.3 Å². The smallest absolute Gasteiger partial charge is 0.343 e. The van der Waals surface area contributed by atoms with Crippen molar-refractivity contribution in [2.75, 3.05) is 19.9 Å². The number of hydrogen-bond acceptors (Lipinski definition) is 9. The molecule has 2 aliphatic heterocycles. The van der Waals surface area contributed by atoms with Gasteiger partial charge in [-0.25, -0.2) is 14.2 Å². The molecule has 0 unspecified atom stereocenters. The number of carbonyl (C=O) groups is 4. The SMILES string of the molecule is CC[C@@]1(O)C(=O)OCc2c1cc1n(c2=O)Cc2c-1nc1cc(F)c(C)c3c1c2[C@@H](NC(=O)COCNC(=O)CNC(=O)[C@@H](C)CCc1ccccc1)CC3. The van der Waals surface area contributed by atoms with E-state index in [0.717, 1.165) is 17.5 Å². The minimum absolute atomic E-state index is 0.00982. The van der Waals surface area contributed by atoms with E-state index in [0.29, 0.717) is 58.2 Å². The van der Waals surface area contributed by atoms with Crippen LogP contribution in [0, 0.1) is 18.7 Å². The molecule has 54 heavy (non-hydrogen) atoms. The number of nitrogens with zero attached hydrogens (tertiary/aromatic N) is 2.